The van der Waals surface area contributed by atoms with Crippen LogP contribution in [-0.4, -0.2) is 41.5 Å². The van der Waals surface area contributed by atoms with Crippen LogP contribution in [0.4, 0.5) is 4.39 Å². The average Bonchev–Trinajstić information content (AvgIpc) is 3.04. The Hall–Kier alpha value is -2.24. The number of ketones is 1. The molecule has 1 aliphatic carbocycles. The van der Waals surface area contributed by atoms with E-state index in [1.807, 2.05) is 12.1 Å². The second-order valence-electron chi connectivity index (χ2n) is 8.12. The number of carbonyl (C=O) groups excluding carboxylic acids is 1. The van der Waals surface area contributed by atoms with Crippen LogP contribution in [0.2, 0.25) is 0 Å². The number of likely N-dealkylation sites (tertiary alicyclic amines) is 1. The minimum Gasteiger partial charge on any atom is -0.492 e. The molecule has 1 saturated heterocycles. The highest BCUT2D eigenvalue weighted by Crippen LogP contribution is 2.41. The van der Waals surface area contributed by atoms with E-state index in [9.17, 15) is 14.3 Å². The summed E-state index contributed by atoms with van der Waals surface area (Å²) in [6, 6.07) is 10.6. The van der Waals surface area contributed by atoms with Gasteiger partial charge in [0.15, 0.2) is 5.78 Å². The van der Waals surface area contributed by atoms with Crippen molar-refractivity contribution in [3.63, 3.8) is 0 Å². The molecule has 28 heavy (non-hydrogen) atoms. The van der Waals surface area contributed by atoms with E-state index in [4.69, 9.17) is 4.74 Å². The molecular formula is C23H24FNO3. The smallest absolute Gasteiger partial charge is 0.170 e. The van der Waals surface area contributed by atoms with E-state index in [-0.39, 0.29) is 17.6 Å². The second-order valence-corrected chi connectivity index (χ2v) is 8.12. The number of carbonyl (C=O) groups is 1. The minimum absolute atomic E-state index is 0.0141. The highest BCUT2D eigenvalue weighted by atomic mass is 19.1. The topological polar surface area (TPSA) is 49.8 Å². The Morgan fingerprint density at radius 3 is 2.75 bits per heavy atom. The summed E-state index contributed by atoms with van der Waals surface area (Å²) in [6.07, 6.45) is 2.51. The van der Waals surface area contributed by atoms with Gasteiger partial charge in [0.05, 0.1) is 18.3 Å². The number of benzene rings is 2. The van der Waals surface area contributed by atoms with E-state index in [1.54, 1.807) is 12.1 Å². The minimum atomic E-state index is -0.558. The summed E-state index contributed by atoms with van der Waals surface area (Å²) in [6.45, 7) is 2.21. The lowest BCUT2D eigenvalue weighted by Gasteiger charge is -2.38. The van der Waals surface area contributed by atoms with Gasteiger partial charge in [0.1, 0.15) is 11.6 Å². The summed E-state index contributed by atoms with van der Waals surface area (Å²) < 4.78 is 19.4. The highest BCUT2D eigenvalue weighted by molar-refractivity contribution is 6.00. The van der Waals surface area contributed by atoms with Gasteiger partial charge in [-0.3, -0.25) is 9.69 Å². The molecule has 2 aromatic carbocycles. The Morgan fingerprint density at radius 1 is 1.11 bits per heavy atom. The Kier molecular flexibility index (Phi) is 4.44. The van der Waals surface area contributed by atoms with Crippen LogP contribution in [0.15, 0.2) is 36.4 Å². The van der Waals surface area contributed by atoms with Gasteiger partial charge in [-0.1, -0.05) is 18.2 Å². The van der Waals surface area contributed by atoms with Gasteiger partial charge in [-0.05, 0) is 73.2 Å². The molecule has 1 N–H and O–H groups in total. The van der Waals surface area contributed by atoms with Gasteiger partial charge in [-0.25, -0.2) is 4.39 Å². The first kappa shape index (κ1) is 17.8. The third-order valence-corrected chi connectivity index (χ3v) is 6.58. The van der Waals surface area contributed by atoms with Crippen LogP contribution in [0.5, 0.6) is 5.75 Å². The molecular weight excluding hydrogens is 357 g/mol. The predicted octanol–water partition coefficient (Wildman–Crippen LogP) is 3.63. The van der Waals surface area contributed by atoms with Crippen LogP contribution in [0.3, 0.4) is 0 Å². The average molecular weight is 381 g/mol. The predicted molar refractivity (Wildman–Crippen MR) is 103 cm³/mol. The maximum atomic E-state index is 13.5. The van der Waals surface area contributed by atoms with Crippen molar-refractivity contribution in [2.45, 2.75) is 43.7 Å². The van der Waals surface area contributed by atoms with E-state index in [0.29, 0.717) is 25.4 Å². The van der Waals surface area contributed by atoms with Gasteiger partial charge in [-0.15, -0.1) is 0 Å². The number of fused-ring (bicyclic) bond motifs is 2. The van der Waals surface area contributed by atoms with Gasteiger partial charge in [-0.2, -0.15) is 0 Å². The summed E-state index contributed by atoms with van der Waals surface area (Å²) in [5.41, 5.74) is 3.64. The summed E-state index contributed by atoms with van der Waals surface area (Å²) in [4.78, 5) is 14.5. The molecule has 146 valence electrons. The largest absolute Gasteiger partial charge is 0.492 e. The number of ether oxygens (including phenoxy) is 1. The van der Waals surface area contributed by atoms with E-state index < -0.39 is 6.10 Å². The fraction of sp³-hybridized carbons (Fsp3) is 0.435. The SMILES string of the molecule is O=C1CCOc2c1cccc2C1CCN([C@@H]2Cc3cc(F)ccc3[C@H]2O)CC1. The lowest BCUT2D eigenvalue weighted by molar-refractivity contribution is 0.0455. The van der Waals surface area contributed by atoms with Gasteiger partial charge < -0.3 is 9.84 Å². The Morgan fingerprint density at radius 2 is 1.93 bits per heavy atom. The molecule has 4 nitrogen and oxygen atoms in total. The summed E-state index contributed by atoms with van der Waals surface area (Å²) >= 11 is 0. The number of nitrogens with zero attached hydrogens (tertiary/aromatic N) is 1. The lowest BCUT2D eigenvalue weighted by atomic mass is 9.86. The molecule has 5 rings (SSSR count). The molecule has 0 amide bonds. The van der Waals surface area contributed by atoms with E-state index in [0.717, 1.165) is 53.9 Å². The van der Waals surface area contributed by atoms with Crippen molar-refractivity contribution in [2.75, 3.05) is 19.7 Å². The molecule has 2 aromatic rings. The molecule has 0 radical (unpaired) electrons. The molecule has 3 aliphatic rings. The number of rotatable bonds is 2. The molecule has 2 atom stereocenters. The normalized spacial score (nSPS) is 25.3. The summed E-state index contributed by atoms with van der Waals surface area (Å²) in [5.74, 6) is 1.06. The van der Waals surface area contributed by atoms with Crippen LogP contribution in [-0.2, 0) is 6.42 Å². The lowest BCUT2D eigenvalue weighted by Crippen LogP contribution is -2.43. The molecule has 0 spiro atoms. The number of aliphatic hydroxyl groups excluding tert-OH is 1. The van der Waals surface area contributed by atoms with E-state index in [1.165, 1.54) is 6.07 Å². The van der Waals surface area contributed by atoms with E-state index >= 15 is 0 Å². The molecule has 0 unspecified atom stereocenters. The number of Topliss-reactive ketones (excluding diaryl/α,β-unsaturated/α-hetero) is 1. The Bertz CT molecular complexity index is 920. The van der Waals surface area contributed by atoms with Crippen molar-refractivity contribution in [3.8, 4) is 5.75 Å². The number of halogens is 1. The maximum absolute atomic E-state index is 13.5. The van der Waals surface area contributed by atoms with Crippen LogP contribution in [0.1, 0.15) is 58.3 Å². The third kappa shape index (κ3) is 2.93. The molecule has 2 heterocycles. The first-order valence-electron chi connectivity index (χ1n) is 10.1. The second kappa shape index (κ2) is 6.98. The number of para-hydroxylation sites is 1. The van der Waals surface area contributed by atoms with Crippen molar-refractivity contribution in [1.82, 2.24) is 4.90 Å². The van der Waals surface area contributed by atoms with Crippen molar-refractivity contribution in [1.29, 1.82) is 0 Å². The van der Waals surface area contributed by atoms with Gasteiger partial charge >= 0.3 is 0 Å². The Labute approximate surface area is 163 Å². The summed E-state index contributed by atoms with van der Waals surface area (Å²) in [5, 5.41) is 10.7. The van der Waals surface area contributed by atoms with Crippen molar-refractivity contribution >= 4 is 5.78 Å². The number of hydrogen-bond acceptors (Lipinski definition) is 4. The van der Waals surface area contributed by atoms with Gasteiger partial charge in [0, 0.05) is 12.5 Å². The first-order valence-corrected chi connectivity index (χ1v) is 10.1. The standard InChI is InChI=1S/C23H24FNO3/c24-16-4-5-17-15(12-16)13-20(22(17)27)25-9-6-14(7-10-25)18-2-1-3-19-21(26)8-11-28-23(18)19/h1-5,12,14,20,22,27H,6-11,13H2/t20-,22-/m1/s1. The van der Waals surface area contributed by atoms with Crippen molar-refractivity contribution < 1.29 is 19.0 Å². The first-order chi connectivity index (χ1) is 13.6. The number of aliphatic hydroxyl groups is 1. The molecule has 1 fully saturated rings. The van der Waals surface area contributed by atoms with Crippen molar-refractivity contribution in [2.24, 2.45) is 0 Å². The van der Waals surface area contributed by atoms with Crippen LogP contribution < -0.4 is 4.74 Å². The third-order valence-electron chi connectivity index (χ3n) is 6.58. The monoisotopic (exact) mass is 381 g/mol. The fourth-order valence-electron chi connectivity index (χ4n) is 5.09. The zero-order valence-corrected chi connectivity index (χ0v) is 15.7. The van der Waals surface area contributed by atoms with Crippen LogP contribution in [0, 0.1) is 5.82 Å². The van der Waals surface area contributed by atoms with Gasteiger partial charge in [0.2, 0.25) is 0 Å². The van der Waals surface area contributed by atoms with Crippen LogP contribution in [0.25, 0.3) is 0 Å². The molecule has 0 bridgehead atoms. The maximum Gasteiger partial charge on any atom is 0.170 e. The number of piperidine rings is 1. The van der Waals surface area contributed by atoms with E-state index in [2.05, 4.69) is 11.0 Å². The molecule has 5 heteroatoms. The zero-order chi connectivity index (χ0) is 19.3. The molecule has 2 aliphatic heterocycles. The van der Waals surface area contributed by atoms with Crippen molar-refractivity contribution in [3.05, 3.63) is 64.5 Å². The highest BCUT2D eigenvalue weighted by Gasteiger charge is 2.37. The zero-order valence-electron chi connectivity index (χ0n) is 15.7. The van der Waals surface area contributed by atoms with Gasteiger partial charge in [0.25, 0.3) is 0 Å². The quantitative estimate of drug-likeness (QED) is 0.863. The molecule has 0 aromatic heterocycles. The summed E-state index contributed by atoms with van der Waals surface area (Å²) in [7, 11) is 0. The number of hydrogen-bond donors (Lipinski definition) is 1. The Balaban J connectivity index is 1.30. The fourth-order valence-corrected chi connectivity index (χ4v) is 5.09. The van der Waals surface area contributed by atoms with Crippen LogP contribution >= 0.6 is 0 Å². The molecule has 0 saturated carbocycles.